The molecule has 0 radical (unpaired) electrons. The van der Waals surface area contributed by atoms with Crippen LogP contribution in [0.25, 0.3) is 0 Å². The number of nitrogens with one attached hydrogen (secondary N) is 1. The van der Waals surface area contributed by atoms with Crippen LogP contribution in [-0.4, -0.2) is 28.6 Å². The number of nitrogens with zero attached hydrogens (tertiary/aromatic N) is 3. The van der Waals surface area contributed by atoms with Crippen molar-refractivity contribution < 1.29 is 4.74 Å². The molecule has 6 heteroatoms. The molecule has 1 aromatic carbocycles. The maximum Gasteiger partial charge on any atom is 0.137 e. The Morgan fingerprint density at radius 1 is 1.44 bits per heavy atom. The third-order valence-corrected chi connectivity index (χ3v) is 2.83. The zero-order valence-electron chi connectivity index (χ0n) is 10.1. The molecule has 2 rings (SSSR count). The summed E-state index contributed by atoms with van der Waals surface area (Å²) in [5.74, 6) is 0.697. The molecule has 1 N–H and O–H groups in total. The van der Waals surface area contributed by atoms with E-state index in [2.05, 4.69) is 15.6 Å². The molecular weight excluding hydrogens is 252 g/mol. The average molecular weight is 267 g/mol. The lowest BCUT2D eigenvalue weighted by Crippen LogP contribution is -2.19. The van der Waals surface area contributed by atoms with Crippen LogP contribution in [-0.2, 0) is 13.1 Å². The number of methoxy groups -OCH3 is 1. The van der Waals surface area contributed by atoms with Gasteiger partial charge in [0.2, 0.25) is 0 Å². The zero-order chi connectivity index (χ0) is 12.8. The number of benzene rings is 1. The summed E-state index contributed by atoms with van der Waals surface area (Å²) in [6.07, 6.45) is 3.51. The Morgan fingerprint density at radius 3 is 3.00 bits per heavy atom. The minimum Gasteiger partial charge on any atom is -0.495 e. The van der Waals surface area contributed by atoms with E-state index in [0.29, 0.717) is 10.8 Å². The lowest BCUT2D eigenvalue weighted by molar-refractivity contribution is 0.415. The van der Waals surface area contributed by atoms with Gasteiger partial charge in [-0.15, -0.1) is 5.10 Å². The summed E-state index contributed by atoms with van der Waals surface area (Å²) in [5, 5.41) is 11.6. The monoisotopic (exact) mass is 266 g/mol. The maximum absolute atomic E-state index is 6.05. The number of hydrogen-bond donors (Lipinski definition) is 1. The van der Waals surface area contributed by atoms with Gasteiger partial charge in [-0.2, -0.15) is 0 Å². The number of hydrogen-bond acceptors (Lipinski definition) is 4. The van der Waals surface area contributed by atoms with E-state index >= 15 is 0 Å². The Balaban J connectivity index is 1.78. The van der Waals surface area contributed by atoms with Crippen LogP contribution in [0.15, 0.2) is 30.6 Å². The van der Waals surface area contributed by atoms with Crippen molar-refractivity contribution in [2.24, 2.45) is 0 Å². The largest absolute Gasteiger partial charge is 0.495 e. The molecule has 0 amide bonds. The second-order valence-electron chi connectivity index (χ2n) is 3.81. The van der Waals surface area contributed by atoms with Crippen LogP contribution in [0.2, 0.25) is 5.02 Å². The zero-order valence-corrected chi connectivity index (χ0v) is 10.9. The molecule has 0 aliphatic carbocycles. The topological polar surface area (TPSA) is 52.0 Å². The molecule has 1 heterocycles. The lowest BCUT2D eigenvalue weighted by Gasteiger charge is -2.07. The van der Waals surface area contributed by atoms with Gasteiger partial charge in [0.05, 0.1) is 24.9 Å². The van der Waals surface area contributed by atoms with Crippen LogP contribution in [0.5, 0.6) is 5.75 Å². The second-order valence-corrected chi connectivity index (χ2v) is 4.22. The van der Waals surface area contributed by atoms with E-state index in [1.54, 1.807) is 18.0 Å². The summed E-state index contributed by atoms with van der Waals surface area (Å²) in [7, 11) is 1.61. The summed E-state index contributed by atoms with van der Waals surface area (Å²) >= 11 is 6.05. The Bertz CT molecular complexity index is 487. The molecule has 1 aromatic heterocycles. The van der Waals surface area contributed by atoms with Gasteiger partial charge in [0.15, 0.2) is 0 Å². The van der Waals surface area contributed by atoms with Crippen molar-refractivity contribution in [3.63, 3.8) is 0 Å². The Kier molecular flexibility index (Phi) is 4.55. The quantitative estimate of drug-likeness (QED) is 0.809. The Hall–Kier alpha value is -1.59. The van der Waals surface area contributed by atoms with E-state index < -0.39 is 0 Å². The maximum atomic E-state index is 6.05. The molecule has 96 valence electrons. The van der Waals surface area contributed by atoms with E-state index in [1.165, 1.54) is 0 Å². The first kappa shape index (κ1) is 12.9. The van der Waals surface area contributed by atoms with Crippen LogP contribution < -0.4 is 10.1 Å². The summed E-state index contributed by atoms with van der Waals surface area (Å²) in [4.78, 5) is 0. The van der Waals surface area contributed by atoms with Crippen LogP contribution in [0.4, 0.5) is 0 Å². The second kappa shape index (κ2) is 6.37. The third kappa shape index (κ3) is 3.45. The van der Waals surface area contributed by atoms with Crippen LogP contribution in [0.3, 0.4) is 0 Å². The lowest BCUT2D eigenvalue weighted by atomic mass is 10.2. The highest BCUT2D eigenvalue weighted by atomic mass is 35.5. The standard InChI is InChI=1S/C12H15ClN4O/c1-18-12-3-2-10(8-11(12)13)9-14-4-6-17-7-5-15-16-17/h2-3,5,7-8,14H,4,6,9H2,1H3. The highest BCUT2D eigenvalue weighted by Gasteiger charge is 2.01. The number of ether oxygens (including phenoxy) is 1. The van der Waals surface area contributed by atoms with Gasteiger partial charge in [-0.3, -0.25) is 4.68 Å². The highest BCUT2D eigenvalue weighted by molar-refractivity contribution is 6.32. The predicted molar refractivity (Wildman–Crippen MR) is 69.7 cm³/mol. The van der Waals surface area contributed by atoms with Crippen LogP contribution in [0, 0.1) is 0 Å². The van der Waals surface area contributed by atoms with Crippen LogP contribution in [0.1, 0.15) is 5.56 Å². The molecule has 0 saturated carbocycles. The summed E-state index contributed by atoms with van der Waals surface area (Å²) in [6.45, 7) is 2.38. The van der Waals surface area contributed by atoms with Gasteiger partial charge in [0.25, 0.3) is 0 Å². The van der Waals surface area contributed by atoms with E-state index in [1.807, 2.05) is 24.4 Å². The normalized spacial score (nSPS) is 10.6. The first-order chi connectivity index (χ1) is 8.79. The molecular formula is C12H15ClN4O. The molecule has 0 spiro atoms. The van der Waals surface area contributed by atoms with Gasteiger partial charge >= 0.3 is 0 Å². The minimum absolute atomic E-state index is 0.632. The summed E-state index contributed by atoms with van der Waals surface area (Å²) < 4.78 is 6.89. The van der Waals surface area contributed by atoms with Gasteiger partial charge < -0.3 is 10.1 Å². The number of rotatable bonds is 6. The average Bonchev–Trinajstić information content (AvgIpc) is 2.88. The van der Waals surface area contributed by atoms with E-state index in [9.17, 15) is 0 Å². The van der Waals surface area contributed by atoms with Crippen molar-refractivity contribution in [2.45, 2.75) is 13.1 Å². The fourth-order valence-corrected chi connectivity index (χ4v) is 1.88. The van der Waals surface area contributed by atoms with Crippen molar-refractivity contribution in [3.05, 3.63) is 41.2 Å². The van der Waals surface area contributed by atoms with Gasteiger partial charge in [-0.05, 0) is 17.7 Å². The molecule has 18 heavy (non-hydrogen) atoms. The summed E-state index contributed by atoms with van der Waals surface area (Å²) in [5.41, 5.74) is 1.12. The van der Waals surface area contributed by atoms with Crippen molar-refractivity contribution >= 4 is 11.6 Å². The molecule has 0 unspecified atom stereocenters. The van der Waals surface area contributed by atoms with Gasteiger partial charge in [0.1, 0.15) is 5.75 Å². The van der Waals surface area contributed by atoms with Crippen LogP contribution >= 0.6 is 11.6 Å². The fourth-order valence-electron chi connectivity index (χ4n) is 1.60. The molecule has 0 aliphatic rings. The van der Waals surface area contributed by atoms with E-state index in [-0.39, 0.29) is 0 Å². The molecule has 0 fully saturated rings. The highest BCUT2D eigenvalue weighted by Crippen LogP contribution is 2.24. The van der Waals surface area contributed by atoms with E-state index in [0.717, 1.165) is 25.2 Å². The molecule has 0 saturated heterocycles. The fraction of sp³-hybridized carbons (Fsp3) is 0.333. The molecule has 2 aromatic rings. The van der Waals surface area contributed by atoms with Gasteiger partial charge in [0, 0.05) is 19.3 Å². The SMILES string of the molecule is COc1ccc(CNCCn2ccnn2)cc1Cl. The molecule has 5 nitrogen and oxygen atoms in total. The first-order valence-corrected chi connectivity index (χ1v) is 6.04. The number of aromatic nitrogens is 3. The van der Waals surface area contributed by atoms with Crippen molar-refractivity contribution in [1.82, 2.24) is 20.3 Å². The summed E-state index contributed by atoms with van der Waals surface area (Å²) in [6, 6.07) is 5.77. The molecule has 0 atom stereocenters. The van der Waals surface area contributed by atoms with Crippen molar-refractivity contribution in [1.29, 1.82) is 0 Å². The van der Waals surface area contributed by atoms with Crippen molar-refractivity contribution in [3.8, 4) is 5.75 Å². The van der Waals surface area contributed by atoms with Gasteiger partial charge in [-0.25, -0.2) is 0 Å². The smallest absolute Gasteiger partial charge is 0.137 e. The molecule has 0 bridgehead atoms. The third-order valence-electron chi connectivity index (χ3n) is 2.53. The van der Waals surface area contributed by atoms with Crippen molar-refractivity contribution in [2.75, 3.05) is 13.7 Å². The predicted octanol–water partition coefficient (Wildman–Crippen LogP) is 1.73. The number of halogens is 1. The van der Waals surface area contributed by atoms with E-state index in [4.69, 9.17) is 16.3 Å². The molecule has 0 aliphatic heterocycles. The Morgan fingerprint density at radius 2 is 2.33 bits per heavy atom. The first-order valence-electron chi connectivity index (χ1n) is 5.67. The van der Waals surface area contributed by atoms with Gasteiger partial charge in [-0.1, -0.05) is 22.9 Å². The minimum atomic E-state index is 0.632. The Labute approximate surface area is 111 Å².